The Kier molecular flexibility index (Phi) is 5.64. The van der Waals surface area contributed by atoms with Crippen LogP contribution in [0.15, 0.2) is 23.1 Å². The zero-order valence-electron chi connectivity index (χ0n) is 12.0. The van der Waals surface area contributed by atoms with Crippen LogP contribution >= 0.6 is 0 Å². The molecule has 20 heavy (non-hydrogen) atoms. The average molecular weight is 300 g/mol. The summed E-state index contributed by atoms with van der Waals surface area (Å²) in [5.74, 6) is 0. The minimum Gasteiger partial charge on any atom is -0.258 e. The maximum atomic E-state index is 12.6. The van der Waals surface area contributed by atoms with Crippen LogP contribution in [0.2, 0.25) is 0 Å². The van der Waals surface area contributed by atoms with Crippen molar-refractivity contribution in [2.45, 2.75) is 38.5 Å². The van der Waals surface area contributed by atoms with Crippen molar-refractivity contribution in [2.24, 2.45) is 0 Å². The highest BCUT2D eigenvalue weighted by molar-refractivity contribution is 7.89. The topological polar surface area (TPSA) is 80.5 Å². The lowest BCUT2D eigenvalue weighted by Crippen LogP contribution is -2.33. The van der Waals surface area contributed by atoms with Crippen molar-refractivity contribution < 1.29 is 13.3 Å². The van der Waals surface area contributed by atoms with Crippen LogP contribution in [0.25, 0.3) is 0 Å². The van der Waals surface area contributed by atoms with Crippen LogP contribution in [0.3, 0.4) is 0 Å². The Balaban J connectivity index is 3.32. The van der Waals surface area contributed by atoms with Gasteiger partial charge in [0.25, 0.3) is 5.69 Å². The van der Waals surface area contributed by atoms with Gasteiger partial charge in [-0.3, -0.25) is 10.1 Å². The van der Waals surface area contributed by atoms with E-state index in [9.17, 15) is 18.5 Å². The van der Waals surface area contributed by atoms with Crippen LogP contribution in [0.5, 0.6) is 0 Å². The van der Waals surface area contributed by atoms with Crippen molar-refractivity contribution in [3.05, 3.63) is 33.9 Å². The Morgan fingerprint density at radius 3 is 2.20 bits per heavy atom. The first-order chi connectivity index (χ1) is 9.34. The summed E-state index contributed by atoms with van der Waals surface area (Å²) in [5, 5.41) is 10.8. The first-order valence-corrected chi connectivity index (χ1v) is 8.03. The second-order valence-corrected chi connectivity index (χ2v) is 6.52. The lowest BCUT2D eigenvalue weighted by molar-refractivity contribution is -0.385. The Morgan fingerprint density at radius 2 is 1.75 bits per heavy atom. The van der Waals surface area contributed by atoms with E-state index < -0.39 is 14.9 Å². The summed E-state index contributed by atoms with van der Waals surface area (Å²) in [5.41, 5.74) is 0.315. The summed E-state index contributed by atoms with van der Waals surface area (Å²) in [6.45, 7) is 6.28. The van der Waals surface area contributed by atoms with Gasteiger partial charge in [-0.05, 0) is 25.3 Å². The summed E-state index contributed by atoms with van der Waals surface area (Å²) in [4.78, 5) is 10.3. The summed E-state index contributed by atoms with van der Waals surface area (Å²) in [7, 11) is -3.68. The number of hydrogen-bond acceptors (Lipinski definition) is 4. The monoisotopic (exact) mass is 300 g/mol. The van der Waals surface area contributed by atoms with E-state index in [-0.39, 0.29) is 10.6 Å². The lowest BCUT2D eigenvalue weighted by atomic mass is 10.2. The van der Waals surface area contributed by atoms with Gasteiger partial charge in [0, 0.05) is 25.2 Å². The van der Waals surface area contributed by atoms with Gasteiger partial charge in [-0.25, -0.2) is 8.42 Å². The second kappa shape index (κ2) is 6.81. The normalized spacial score (nSPS) is 11.8. The molecule has 0 bridgehead atoms. The molecule has 0 amide bonds. The first-order valence-electron chi connectivity index (χ1n) is 6.59. The van der Waals surface area contributed by atoms with Crippen molar-refractivity contribution >= 4 is 15.7 Å². The predicted octanol–water partition coefficient (Wildman–Crippen LogP) is 2.71. The predicted molar refractivity (Wildman–Crippen MR) is 77.2 cm³/mol. The van der Waals surface area contributed by atoms with E-state index >= 15 is 0 Å². The number of sulfonamides is 1. The molecule has 1 aromatic carbocycles. The third-order valence-corrected chi connectivity index (χ3v) is 4.99. The average Bonchev–Trinajstić information content (AvgIpc) is 2.38. The molecule has 0 unspecified atom stereocenters. The molecule has 0 N–H and O–H groups in total. The molecule has 1 rings (SSSR count). The maximum absolute atomic E-state index is 12.6. The van der Waals surface area contributed by atoms with Gasteiger partial charge < -0.3 is 0 Å². The standard InChI is InChI=1S/C13H20N2O4S/c1-4-8-14(9-5-2)20(18,19)13-10-12(15(16)17)7-6-11(13)3/h6-7,10H,4-5,8-9H2,1-3H3. The first kappa shape index (κ1) is 16.6. The molecule has 1 aromatic rings. The molecule has 0 fully saturated rings. The van der Waals surface area contributed by atoms with E-state index in [2.05, 4.69) is 0 Å². The van der Waals surface area contributed by atoms with Crippen LogP contribution in [-0.4, -0.2) is 30.7 Å². The van der Waals surface area contributed by atoms with Crippen LogP contribution in [0.4, 0.5) is 5.69 Å². The smallest absolute Gasteiger partial charge is 0.258 e. The quantitative estimate of drug-likeness (QED) is 0.572. The van der Waals surface area contributed by atoms with Gasteiger partial charge in [0.05, 0.1) is 9.82 Å². The van der Waals surface area contributed by atoms with E-state index in [1.807, 2.05) is 13.8 Å². The third kappa shape index (κ3) is 3.55. The van der Waals surface area contributed by atoms with Crippen molar-refractivity contribution in [1.82, 2.24) is 4.31 Å². The Morgan fingerprint density at radius 1 is 1.20 bits per heavy atom. The van der Waals surface area contributed by atoms with Gasteiger partial charge in [-0.15, -0.1) is 0 Å². The minimum absolute atomic E-state index is 0.0219. The molecule has 0 aliphatic heterocycles. The maximum Gasteiger partial charge on any atom is 0.270 e. The highest BCUT2D eigenvalue weighted by Gasteiger charge is 2.26. The molecule has 0 spiro atoms. The molecule has 6 nitrogen and oxygen atoms in total. The number of non-ortho nitro benzene ring substituents is 1. The molecule has 112 valence electrons. The summed E-state index contributed by atoms with van der Waals surface area (Å²) < 4.78 is 26.6. The Bertz CT molecular complexity index is 578. The van der Waals surface area contributed by atoms with Gasteiger partial charge in [-0.2, -0.15) is 4.31 Å². The van der Waals surface area contributed by atoms with Crippen molar-refractivity contribution in [3.63, 3.8) is 0 Å². The van der Waals surface area contributed by atoms with Crippen LogP contribution in [0.1, 0.15) is 32.3 Å². The summed E-state index contributed by atoms with van der Waals surface area (Å²) in [6.07, 6.45) is 1.40. The highest BCUT2D eigenvalue weighted by atomic mass is 32.2. The molecule has 0 aromatic heterocycles. The SMILES string of the molecule is CCCN(CCC)S(=O)(=O)c1cc([N+](=O)[O-])ccc1C. The zero-order valence-corrected chi connectivity index (χ0v) is 12.8. The number of rotatable bonds is 7. The van der Waals surface area contributed by atoms with Crippen LogP contribution in [-0.2, 0) is 10.0 Å². The van der Waals surface area contributed by atoms with Gasteiger partial charge in [0.15, 0.2) is 0 Å². The van der Waals surface area contributed by atoms with Gasteiger partial charge in [-0.1, -0.05) is 19.9 Å². The molecule has 0 aliphatic carbocycles. The molecule has 7 heteroatoms. The number of benzene rings is 1. The molecule has 0 saturated carbocycles. The number of nitrogens with zero attached hydrogens (tertiary/aromatic N) is 2. The summed E-state index contributed by atoms with van der Waals surface area (Å²) in [6, 6.07) is 3.93. The lowest BCUT2D eigenvalue weighted by Gasteiger charge is -2.21. The third-order valence-electron chi connectivity index (χ3n) is 2.95. The van der Waals surface area contributed by atoms with Crippen molar-refractivity contribution in [3.8, 4) is 0 Å². The molecular formula is C13H20N2O4S. The molecule has 0 radical (unpaired) electrons. The van der Waals surface area contributed by atoms with E-state index in [4.69, 9.17) is 0 Å². The highest BCUT2D eigenvalue weighted by Crippen LogP contribution is 2.25. The largest absolute Gasteiger partial charge is 0.270 e. The molecular weight excluding hydrogens is 280 g/mol. The molecule has 0 atom stereocenters. The van der Waals surface area contributed by atoms with E-state index in [0.29, 0.717) is 31.5 Å². The fourth-order valence-electron chi connectivity index (χ4n) is 1.97. The van der Waals surface area contributed by atoms with E-state index in [1.165, 1.54) is 16.4 Å². The van der Waals surface area contributed by atoms with E-state index in [1.54, 1.807) is 6.92 Å². The Labute approximate surface area is 119 Å². The zero-order chi connectivity index (χ0) is 15.3. The van der Waals surface area contributed by atoms with Crippen LogP contribution in [0, 0.1) is 17.0 Å². The Hall–Kier alpha value is -1.47. The number of aryl methyl sites for hydroxylation is 1. The molecule has 0 saturated heterocycles. The van der Waals surface area contributed by atoms with Crippen LogP contribution < -0.4 is 0 Å². The number of nitro groups is 1. The van der Waals surface area contributed by atoms with Gasteiger partial charge in [0.2, 0.25) is 10.0 Å². The van der Waals surface area contributed by atoms with Crippen molar-refractivity contribution in [2.75, 3.05) is 13.1 Å². The fraction of sp³-hybridized carbons (Fsp3) is 0.538. The van der Waals surface area contributed by atoms with Crippen molar-refractivity contribution in [1.29, 1.82) is 0 Å². The van der Waals surface area contributed by atoms with E-state index in [0.717, 1.165) is 6.07 Å². The molecule has 0 aliphatic rings. The molecule has 0 heterocycles. The fourth-order valence-corrected chi connectivity index (χ4v) is 3.84. The van der Waals surface area contributed by atoms with Gasteiger partial charge in [0.1, 0.15) is 0 Å². The minimum atomic E-state index is -3.68. The number of hydrogen-bond donors (Lipinski definition) is 0. The summed E-state index contributed by atoms with van der Waals surface area (Å²) >= 11 is 0. The van der Waals surface area contributed by atoms with Gasteiger partial charge >= 0.3 is 0 Å². The second-order valence-electron chi connectivity index (χ2n) is 4.61. The number of nitro benzene ring substituents is 1.